The van der Waals surface area contributed by atoms with E-state index in [0.29, 0.717) is 11.3 Å². The summed E-state index contributed by atoms with van der Waals surface area (Å²) < 4.78 is 13.7. The Bertz CT molecular complexity index is 652. The van der Waals surface area contributed by atoms with Crippen LogP contribution in [0.2, 0.25) is 0 Å². The largest absolute Gasteiger partial charge is 0.481 e. The third kappa shape index (κ3) is 2.69. The van der Waals surface area contributed by atoms with Crippen molar-refractivity contribution in [2.75, 3.05) is 6.16 Å². The molecule has 19 heavy (non-hydrogen) atoms. The van der Waals surface area contributed by atoms with Gasteiger partial charge in [-0.25, -0.2) is 4.98 Å². The van der Waals surface area contributed by atoms with Gasteiger partial charge in [-0.1, -0.05) is 13.0 Å². The molecule has 0 aliphatic heterocycles. The van der Waals surface area contributed by atoms with Crippen LogP contribution in [0, 0.1) is 0 Å². The van der Waals surface area contributed by atoms with E-state index in [4.69, 9.17) is 5.11 Å². The van der Waals surface area contributed by atoms with Crippen molar-refractivity contribution in [3.63, 3.8) is 0 Å². The second kappa shape index (κ2) is 5.15. The van der Waals surface area contributed by atoms with Crippen molar-refractivity contribution in [1.82, 2.24) is 9.38 Å². The van der Waals surface area contributed by atoms with E-state index < -0.39 is 19.0 Å². The average Bonchev–Trinajstić information content (AvgIpc) is 2.78. The van der Waals surface area contributed by atoms with Crippen molar-refractivity contribution in [2.24, 2.45) is 0 Å². The van der Waals surface area contributed by atoms with Gasteiger partial charge in [-0.15, -0.1) is 0 Å². The predicted molar refractivity (Wildman–Crippen MR) is 70.7 cm³/mol. The van der Waals surface area contributed by atoms with E-state index in [1.54, 1.807) is 28.9 Å². The van der Waals surface area contributed by atoms with Crippen molar-refractivity contribution in [2.45, 2.75) is 19.0 Å². The second-order valence-electron chi connectivity index (χ2n) is 4.31. The van der Waals surface area contributed by atoms with Crippen molar-refractivity contribution in [3.8, 4) is 0 Å². The summed E-state index contributed by atoms with van der Waals surface area (Å²) >= 11 is 0. The zero-order valence-corrected chi connectivity index (χ0v) is 11.3. The first kappa shape index (κ1) is 13.8. The van der Waals surface area contributed by atoms with Gasteiger partial charge in [-0.2, -0.15) is 0 Å². The van der Waals surface area contributed by atoms with Crippen LogP contribution in [0.1, 0.15) is 12.6 Å². The molecule has 102 valence electrons. The molecule has 0 aliphatic carbocycles. The third-order valence-electron chi connectivity index (χ3n) is 3.12. The van der Waals surface area contributed by atoms with E-state index in [1.807, 2.05) is 6.07 Å². The third-order valence-corrected chi connectivity index (χ3v) is 5.40. The van der Waals surface area contributed by atoms with E-state index in [1.165, 1.54) is 6.92 Å². The molecular weight excluding hydrogens is 267 g/mol. The smallest absolute Gasteiger partial charge is 0.316 e. The maximum absolute atomic E-state index is 11.9. The second-order valence-corrected chi connectivity index (χ2v) is 7.08. The lowest BCUT2D eigenvalue weighted by atomic mass is 10.2. The molecule has 0 aromatic carbocycles. The first-order valence-corrected chi connectivity index (χ1v) is 7.82. The van der Waals surface area contributed by atoms with Crippen LogP contribution < -0.4 is 0 Å². The number of aliphatic carboxylic acids is 1. The average molecular weight is 282 g/mol. The van der Waals surface area contributed by atoms with E-state index in [-0.39, 0.29) is 12.6 Å². The van der Waals surface area contributed by atoms with E-state index >= 15 is 0 Å². The summed E-state index contributed by atoms with van der Waals surface area (Å²) in [5.41, 5.74) is 0.00856. The highest BCUT2D eigenvalue weighted by atomic mass is 31.2. The number of carboxylic acids is 1. The number of hydrogen-bond donors (Lipinski definition) is 2. The highest BCUT2D eigenvalue weighted by Gasteiger charge is 2.36. The van der Waals surface area contributed by atoms with Gasteiger partial charge in [0.15, 0.2) is 0 Å². The van der Waals surface area contributed by atoms with Crippen molar-refractivity contribution >= 4 is 19.0 Å². The number of aromatic nitrogens is 2. The number of fused-ring (bicyclic) bond motifs is 1. The van der Waals surface area contributed by atoms with E-state index in [9.17, 15) is 14.3 Å². The van der Waals surface area contributed by atoms with Crippen molar-refractivity contribution < 1.29 is 19.4 Å². The number of rotatable bonds is 5. The number of carboxylic acid groups (broad SMARTS) is 1. The van der Waals surface area contributed by atoms with E-state index in [0.717, 1.165) is 0 Å². The molecule has 0 saturated carbocycles. The molecule has 0 aliphatic rings. The Hall–Kier alpha value is -1.65. The number of pyridine rings is 1. The molecule has 7 heteroatoms. The summed E-state index contributed by atoms with van der Waals surface area (Å²) in [5, 5.41) is 9.15. The zero-order chi connectivity index (χ0) is 14.0. The Morgan fingerprint density at radius 1 is 1.53 bits per heavy atom. The fourth-order valence-electron chi connectivity index (χ4n) is 1.96. The molecular formula is C12H15N2O4P. The fourth-order valence-corrected chi connectivity index (χ4v) is 3.22. The Kier molecular flexibility index (Phi) is 3.73. The molecule has 0 amide bonds. The van der Waals surface area contributed by atoms with Gasteiger partial charge in [0.1, 0.15) is 11.3 Å². The van der Waals surface area contributed by atoms with Gasteiger partial charge in [-0.05, 0) is 12.1 Å². The molecule has 2 heterocycles. The van der Waals surface area contributed by atoms with Gasteiger partial charge in [-0.3, -0.25) is 9.36 Å². The normalized spacial score (nSPS) is 16.1. The van der Waals surface area contributed by atoms with Crippen LogP contribution in [0.25, 0.3) is 5.65 Å². The minimum atomic E-state index is -3.70. The van der Waals surface area contributed by atoms with Crippen molar-refractivity contribution in [3.05, 3.63) is 36.3 Å². The Morgan fingerprint density at radius 2 is 2.26 bits per heavy atom. The van der Waals surface area contributed by atoms with Crippen molar-refractivity contribution in [1.29, 1.82) is 0 Å². The maximum Gasteiger partial charge on any atom is 0.316 e. The molecule has 0 saturated heterocycles. The summed E-state index contributed by atoms with van der Waals surface area (Å²) in [7, 11) is -3.70. The Morgan fingerprint density at radius 3 is 2.89 bits per heavy atom. The first-order valence-electron chi connectivity index (χ1n) is 5.91. The van der Waals surface area contributed by atoms with Gasteiger partial charge in [0.25, 0.3) is 0 Å². The highest BCUT2D eigenvalue weighted by Crippen LogP contribution is 2.47. The van der Waals surface area contributed by atoms with Gasteiger partial charge in [0, 0.05) is 30.7 Å². The summed E-state index contributed by atoms with van der Waals surface area (Å²) in [6, 6.07) is 5.41. The molecule has 0 fully saturated rings. The van der Waals surface area contributed by atoms with Crippen LogP contribution in [0.4, 0.5) is 0 Å². The summed E-state index contributed by atoms with van der Waals surface area (Å²) in [4.78, 5) is 25.1. The number of hydrogen-bond acceptors (Lipinski definition) is 3. The molecule has 0 bridgehead atoms. The van der Waals surface area contributed by atoms with E-state index in [2.05, 4.69) is 4.98 Å². The molecule has 2 N–H and O–H groups in total. The van der Waals surface area contributed by atoms with Crippen LogP contribution in [-0.2, 0) is 15.8 Å². The summed E-state index contributed by atoms with van der Waals surface area (Å²) in [6.07, 6.45) is 3.23. The summed E-state index contributed by atoms with van der Waals surface area (Å²) in [6.45, 7) is 1.52. The number of carbonyl (C=O) groups is 1. The van der Waals surface area contributed by atoms with Gasteiger partial charge >= 0.3 is 5.97 Å². The molecule has 0 radical (unpaired) electrons. The van der Waals surface area contributed by atoms with Crippen LogP contribution in [0.15, 0.2) is 30.6 Å². The molecule has 2 aromatic rings. The molecule has 0 spiro atoms. The van der Waals surface area contributed by atoms with Gasteiger partial charge < -0.3 is 14.4 Å². The topological polar surface area (TPSA) is 91.9 Å². The lowest BCUT2D eigenvalue weighted by Gasteiger charge is -2.17. The Balaban J connectivity index is 2.37. The molecule has 2 unspecified atom stereocenters. The van der Waals surface area contributed by atoms with Gasteiger partial charge in [0.2, 0.25) is 7.37 Å². The van der Waals surface area contributed by atoms with Crippen LogP contribution in [-0.4, -0.2) is 37.2 Å². The number of imidazole rings is 1. The lowest BCUT2D eigenvalue weighted by Crippen LogP contribution is -2.24. The minimum absolute atomic E-state index is 0.0118. The monoisotopic (exact) mass is 282 g/mol. The van der Waals surface area contributed by atoms with Crippen LogP contribution in [0.5, 0.6) is 0 Å². The van der Waals surface area contributed by atoms with Crippen LogP contribution >= 0.6 is 7.37 Å². The van der Waals surface area contributed by atoms with Crippen LogP contribution in [0.3, 0.4) is 0 Å². The lowest BCUT2D eigenvalue weighted by molar-refractivity contribution is -0.136. The zero-order valence-electron chi connectivity index (χ0n) is 10.4. The Labute approximate surface area is 110 Å². The van der Waals surface area contributed by atoms with Gasteiger partial charge in [0.05, 0.1) is 0 Å². The number of nitrogens with zero attached hydrogens (tertiary/aromatic N) is 2. The maximum atomic E-state index is 11.9. The fraction of sp³-hybridized carbons (Fsp3) is 0.333. The standard InChI is InChI=1S/C12H15N2O4P/c1-2-19(17,18)10(12(15)16)7-9-8-13-11-5-3-4-6-14(9)11/h3-6,8,10H,2,7H2,1H3,(H,15,16)(H,17,18). The minimum Gasteiger partial charge on any atom is -0.481 e. The first-order chi connectivity index (χ1) is 8.95. The highest BCUT2D eigenvalue weighted by molar-refractivity contribution is 7.59. The molecule has 2 aromatic heterocycles. The summed E-state index contributed by atoms with van der Waals surface area (Å²) in [5.74, 6) is -1.25. The molecule has 2 rings (SSSR count). The quantitative estimate of drug-likeness (QED) is 0.813. The molecule has 6 nitrogen and oxygen atoms in total. The molecule has 2 atom stereocenters. The predicted octanol–water partition coefficient (Wildman–Crippen LogP) is 1.62. The SMILES string of the molecule is CCP(=O)(O)C(Cc1cnc2ccccn12)C(=O)O.